The molecule has 0 spiro atoms. The van der Waals surface area contributed by atoms with Crippen LogP contribution in [0.25, 0.3) is 0 Å². The lowest BCUT2D eigenvalue weighted by Gasteiger charge is -2.32. The summed E-state index contributed by atoms with van der Waals surface area (Å²) in [6, 6.07) is 9.45. The van der Waals surface area contributed by atoms with Gasteiger partial charge in [-0.3, -0.25) is 9.98 Å². The number of pyridine rings is 1. The maximum Gasteiger partial charge on any atom is 0.160 e. The molecule has 132 valence electrons. The molecular formula is C20H26N4S. The van der Waals surface area contributed by atoms with Gasteiger partial charge < -0.3 is 9.47 Å². The van der Waals surface area contributed by atoms with Crippen molar-refractivity contribution in [1.29, 1.82) is 0 Å². The molecular weight excluding hydrogens is 328 g/mol. The highest BCUT2D eigenvalue weighted by molar-refractivity contribution is 8.14. The number of aromatic nitrogens is 2. The van der Waals surface area contributed by atoms with Crippen LogP contribution in [0.15, 0.2) is 35.5 Å². The van der Waals surface area contributed by atoms with E-state index in [0.717, 1.165) is 24.4 Å². The van der Waals surface area contributed by atoms with Crippen molar-refractivity contribution in [3.63, 3.8) is 0 Å². The average molecular weight is 355 g/mol. The number of hydrogen-bond acceptors (Lipinski definition) is 4. The summed E-state index contributed by atoms with van der Waals surface area (Å²) in [5.74, 6) is 1.15. The molecule has 3 atom stereocenters. The number of amidine groups is 1. The van der Waals surface area contributed by atoms with Crippen molar-refractivity contribution in [2.45, 2.75) is 58.8 Å². The molecule has 0 bridgehead atoms. The van der Waals surface area contributed by atoms with Gasteiger partial charge in [-0.1, -0.05) is 24.8 Å². The third kappa shape index (κ3) is 2.60. The van der Waals surface area contributed by atoms with Gasteiger partial charge in [0, 0.05) is 35.9 Å². The Bertz CT molecular complexity index is 796. The Morgan fingerprint density at radius 3 is 2.72 bits per heavy atom. The van der Waals surface area contributed by atoms with Crippen molar-refractivity contribution in [3.05, 3.63) is 53.1 Å². The summed E-state index contributed by atoms with van der Waals surface area (Å²) in [6.07, 6.45) is 3.04. The third-order valence-corrected chi connectivity index (χ3v) is 6.70. The minimum atomic E-state index is 0.0869. The van der Waals surface area contributed by atoms with Crippen LogP contribution in [0.3, 0.4) is 0 Å². The van der Waals surface area contributed by atoms with Gasteiger partial charge in [-0.15, -0.1) is 0 Å². The van der Waals surface area contributed by atoms with Gasteiger partial charge in [-0.05, 0) is 51.0 Å². The molecule has 2 aromatic rings. The average Bonchev–Trinajstić information content (AvgIpc) is 3.27. The van der Waals surface area contributed by atoms with E-state index in [0.29, 0.717) is 6.04 Å². The van der Waals surface area contributed by atoms with Gasteiger partial charge in [-0.25, -0.2) is 0 Å². The van der Waals surface area contributed by atoms with E-state index in [2.05, 4.69) is 60.3 Å². The lowest BCUT2D eigenvalue weighted by Crippen LogP contribution is -2.35. The fourth-order valence-corrected chi connectivity index (χ4v) is 5.64. The zero-order valence-corrected chi connectivity index (χ0v) is 16.3. The minimum Gasteiger partial charge on any atom is -0.349 e. The van der Waals surface area contributed by atoms with Crippen molar-refractivity contribution >= 4 is 16.9 Å². The summed E-state index contributed by atoms with van der Waals surface area (Å²) < 4.78 is 2.41. The highest BCUT2D eigenvalue weighted by Crippen LogP contribution is 2.49. The molecule has 3 unspecified atom stereocenters. The molecule has 0 aliphatic carbocycles. The standard InChI is InChI=1S/C20H26N4S/c1-5-15-12-25-20-22-18(17-9-7-8-10-21-17)19(24(15)20)16-11-13(3)23(6-2)14(16)4/h7-11,15,18-19H,5-6,12H2,1-4H3. The summed E-state index contributed by atoms with van der Waals surface area (Å²) in [6.45, 7) is 9.98. The van der Waals surface area contributed by atoms with Crippen LogP contribution in [-0.4, -0.2) is 31.4 Å². The monoisotopic (exact) mass is 354 g/mol. The van der Waals surface area contributed by atoms with Gasteiger partial charge in [0.15, 0.2) is 5.17 Å². The number of thioether (sulfide) groups is 1. The summed E-state index contributed by atoms with van der Waals surface area (Å²) in [4.78, 5) is 12.3. The smallest absolute Gasteiger partial charge is 0.160 e. The zero-order chi connectivity index (χ0) is 17.6. The topological polar surface area (TPSA) is 33.4 Å². The van der Waals surface area contributed by atoms with Gasteiger partial charge in [0.2, 0.25) is 0 Å². The lowest BCUT2D eigenvalue weighted by molar-refractivity contribution is 0.254. The van der Waals surface area contributed by atoms with E-state index >= 15 is 0 Å². The van der Waals surface area contributed by atoms with E-state index < -0.39 is 0 Å². The molecule has 1 fully saturated rings. The largest absolute Gasteiger partial charge is 0.349 e. The Morgan fingerprint density at radius 2 is 2.08 bits per heavy atom. The first-order valence-corrected chi connectivity index (χ1v) is 10.2. The highest BCUT2D eigenvalue weighted by Gasteiger charge is 2.46. The van der Waals surface area contributed by atoms with Crippen LogP contribution in [0, 0.1) is 13.8 Å². The van der Waals surface area contributed by atoms with E-state index in [1.807, 2.05) is 24.0 Å². The number of fused-ring (bicyclic) bond motifs is 1. The van der Waals surface area contributed by atoms with Crippen molar-refractivity contribution < 1.29 is 0 Å². The van der Waals surface area contributed by atoms with E-state index in [-0.39, 0.29) is 12.1 Å². The fraction of sp³-hybridized carbons (Fsp3) is 0.500. The van der Waals surface area contributed by atoms with Crippen LogP contribution in [0.1, 0.15) is 55.0 Å². The molecule has 2 aliphatic rings. The molecule has 0 amide bonds. The van der Waals surface area contributed by atoms with E-state index in [4.69, 9.17) is 4.99 Å². The predicted octanol–water partition coefficient (Wildman–Crippen LogP) is 4.50. The van der Waals surface area contributed by atoms with Gasteiger partial charge >= 0.3 is 0 Å². The second-order valence-electron chi connectivity index (χ2n) is 6.91. The van der Waals surface area contributed by atoms with Crippen molar-refractivity contribution in [2.24, 2.45) is 4.99 Å². The van der Waals surface area contributed by atoms with E-state index in [9.17, 15) is 0 Å². The quantitative estimate of drug-likeness (QED) is 0.810. The molecule has 0 radical (unpaired) electrons. The number of nitrogens with zero attached hydrogens (tertiary/aromatic N) is 4. The normalized spacial score (nSPS) is 25.4. The molecule has 0 N–H and O–H groups in total. The molecule has 25 heavy (non-hydrogen) atoms. The molecule has 0 aromatic carbocycles. The molecule has 1 saturated heterocycles. The highest BCUT2D eigenvalue weighted by atomic mass is 32.2. The minimum absolute atomic E-state index is 0.0869. The van der Waals surface area contributed by atoms with Crippen LogP contribution >= 0.6 is 11.8 Å². The summed E-state index contributed by atoms with van der Waals surface area (Å²) >= 11 is 1.91. The van der Waals surface area contributed by atoms with E-state index in [1.165, 1.54) is 22.1 Å². The SMILES string of the molecule is CCC1CSC2=NC(c3ccccn3)C(c3cc(C)n(CC)c3C)N21. The van der Waals surface area contributed by atoms with Crippen molar-refractivity contribution in [2.75, 3.05) is 5.75 Å². The first-order valence-electron chi connectivity index (χ1n) is 9.22. The Kier molecular flexibility index (Phi) is 4.36. The van der Waals surface area contributed by atoms with Crippen LogP contribution < -0.4 is 0 Å². The first kappa shape index (κ1) is 16.7. The van der Waals surface area contributed by atoms with E-state index in [1.54, 1.807) is 0 Å². The molecule has 2 aliphatic heterocycles. The summed E-state index contributed by atoms with van der Waals surface area (Å²) in [5.41, 5.74) is 5.19. The van der Waals surface area contributed by atoms with Crippen LogP contribution in [0.2, 0.25) is 0 Å². The number of aryl methyl sites for hydroxylation is 1. The Labute approximate surface area is 154 Å². The van der Waals surface area contributed by atoms with Crippen molar-refractivity contribution in [1.82, 2.24) is 14.5 Å². The predicted molar refractivity (Wildman–Crippen MR) is 105 cm³/mol. The molecule has 4 nitrogen and oxygen atoms in total. The van der Waals surface area contributed by atoms with Gasteiger partial charge in [0.05, 0.1) is 11.7 Å². The maximum atomic E-state index is 5.12. The Morgan fingerprint density at radius 1 is 1.24 bits per heavy atom. The van der Waals surface area contributed by atoms with Crippen LogP contribution in [-0.2, 0) is 6.54 Å². The number of aliphatic imine (C=N–C) groups is 1. The van der Waals surface area contributed by atoms with Gasteiger partial charge in [0.25, 0.3) is 0 Å². The molecule has 4 heterocycles. The number of rotatable bonds is 4. The van der Waals surface area contributed by atoms with Gasteiger partial charge in [0.1, 0.15) is 6.04 Å². The second kappa shape index (κ2) is 6.52. The summed E-state index contributed by atoms with van der Waals surface area (Å²) in [5, 5.41) is 1.20. The molecule has 5 heteroatoms. The molecule has 0 saturated carbocycles. The van der Waals surface area contributed by atoms with Crippen LogP contribution in [0.5, 0.6) is 0 Å². The van der Waals surface area contributed by atoms with Crippen molar-refractivity contribution in [3.8, 4) is 0 Å². The lowest BCUT2D eigenvalue weighted by atomic mass is 9.95. The molecule has 4 rings (SSSR count). The third-order valence-electron chi connectivity index (χ3n) is 5.58. The zero-order valence-electron chi connectivity index (χ0n) is 15.4. The maximum absolute atomic E-state index is 5.12. The second-order valence-corrected chi connectivity index (χ2v) is 7.89. The Balaban J connectivity index is 1.83. The fourth-order valence-electron chi connectivity index (χ4n) is 4.30. The number of hydrogen-bond donors (Lipinski definition) is 0. The van der Waals surface area contributed by atoms with Crippen LogP contribution in [0.4, 0.5) is 0 Å². The summed E-state index contributed by atoms with van der Waals surface area (Å²) in [7, 11) is 0. The Hall–Kier alpha value is -1.75. The molecule has 2 aromatic heterocycles. The first-order chi connectivity index (χ1) is 12.2. The van der Waals surface area contributed by atoms with Gasteiger partial charge in [-0.2, -0.15) is 0 Å².